The fourth-order valence-corrected chi connectivity index (χ4v) is 3.60. The Bertz CT molecular complexity index is 926. The Morgan fingerprint density at radius 2 is 1.93 bits per heavy atom. The van der Waals surface area contributed by atoms with Gasteiger partial charge in [0.1, 0.15) is 5.75 Å². The minimum atomic E-state index is 0. The molecule has 3 aromatic rings. The Hall–Kier alpha value is -1.87. The number of nitrogens with one attached hydrogen (secondary N) is 2. The van der Waals surface area contributed by atoms with Gasteiger partial charge in [0, 0.05) is 30.6 Å². The van der Waals surface area contributed by atoms with E-state index in [-0.39, 0.29) is 24.0 Å². The van der Waals surface area contributed by atoms with Gasteiger partial charge in [-0.3, -0.25) is 0 Å². The van der Waals surface area contributed by atoms with E-state index in [9.17, 15) is 0 Å². The van der Waals surface area contributed by atoms with E-state index in [1.54, 1.807) is 18.4 Å². The van der Waals surface area contributed by atoms with Crippen molar-refractivity contribution in [1.29, 1.82) is 0 Å². The van der Waals surface area contributed by atoms with Crippen LogP contribution in [0, 0.1) is 6.92 Å². The quantitative estimate of drug-likeness (QED) is 0.279. The second kappa shape index (κ2) is 11.2. The van der Waals surface area contributed by atoms with Crippen LogP contribution >= 0.6 is 35.3 Å². The summed E-state index contributed by atoms with van der Waals surface area (Å²) in [6.45, 7) is 6.44. The molecule has 0 fully saturated rings. The van der Waals surface area contributed by atoms with E-state index < -0.39 is 0 Å². The van der Waals surface area contributed by atoms with Gasteiger partial charge in [-0.25, -0.2) is 9.98 Å². The fourth-order valence-electron chi connectivity index (χ4n) is 2.82. The first-order chi connectivity index (χ1) is 13.2. The van der Waals surface area contributed by atoms with Crippen molar-refractivity contribution < 1.29 is 4.74 Å². The molecule has 1 heterocycles. The summed E-state index contributed by atoms with van der Waals surface area (Å²) in [5.41, 5.74) is 1.18. The SMILES string of the molecule is CCNC(=NCc1ccc2cc(OC)ccc2c1)NCCc1ncc(C)s1.I. The van der Waals surface area contributed by atoms with Gasteiger partial charge in [-0.15, -0.1) is 35.3 Å². The summed E-state index contributed by atoms with van der Waals surface area (Å²) in [6.07, 6.45) is 2.83. The fraction of sp³-hybridized carbons (Fsp3) is 0.333. The number of aryl methyl sites for hydroxylation is 1. The zero-order valence-electron chi connectivity index (χ0n) is 16.5. The number of benzene rings is 2. The van der Waals surface area contributed by atoms with Crippen LogP contribution in [-0.2, 0) is 13.0 Å². The predicted molar refractivity (Wildman–Crippen MR) is 129 cm³/mol. The monoisotopic (exact) mass is 510 g/mol. The molecule has 2 N–H and O–H groups in total. The zero-order chi connectivity index (χ0) is 19.1. The third kappa shape index (κ3) is 6.34. The Morgan fingerprint density at radius 3 is 2.64 bits per heavy atom. The summed E-state index contributed by atoms with van der Waals surface area (Å²) < 4.78 is 5.29. The van der Waals surface area contributed by atoms with Crippen molar-refractivity contribution in [3.05, 3.63) is 58.0 Å². The molecule has 28 heavy (non-hydrogen) atoms. The largest absolute Gasteiger partial charge is 0.497 e. The van der Waals surface area contributed by atoms with Crippen LogP contribution in [0.1, 0.15) is 22.4 Å². The standard InChI is InChI=1S/C21H26N4OS.HI/c1-4-22-21(23-10-9-20-24-13-15(2)27-20)25-14-16-5-6-18-12-19(26-3)8-7-17(18)11-16;/h5-8,11-13H,4,9-10,14H2,1-3H3,(H2,22,23,25);1H. The Labute approximate surface area is 187 Å². The van der Waals surface area contributed by atoms with Gasteiger partial charge in [-0.2, -0.15) is 0 Å². The van der Waals surface area contributed by atoms with Gasteiger partial charge >= 0.3 is 0 Å². The van der Waals surface area contributed by atoms with Crippen LogP contribution in [0.25, 0.3) is 10.8 Å². The van der Waals surface area contributed by atoms with Gasteiger partial charge < -0.3 is 15.4 Å². The molecule has 0 bridgehead atoms. The molecule has 0 unspecified atom stereocenters. The minimum Gasteiger partial charge on any atom is -0.497 e. The Kier molecular flexibility index (Phi) is 8.98. The first-order valence-corrected chi connectivity index (χ1v) is 9.99. The van der Waals surface area contributed by atoms with Crippen molar-refractivity contribution >= 4 is 52.0 Å². The maximum absolute atomic E-state index is 5.29. The number of hydrogen-bond donors (Lipinski definition) is 2. The highest BCUT2D eigenvalue weighted by Gasteiger charge is 2.02. The second-order valence-corrected chi connectivity index (χ2v) is 7.60. The molecule has 0 atom stereocenters. The Balaban J connectivity index is 0.00000280. The van der Waals surface area contributed by atoms with Crippen molar-refractivity contribution in [2.24, 2.45) is 4.99 Å². The number of hydrogen-bond acceptors (Lipinski definition) is 4. The molecule has 0 aliphatic carbocycles. The number of aliphatic imine (C=N–C) groups is 1. The van der Waals surface area contributed by atoms with Gasteiger partial charge in [-0.1, -0.05) is 18.2 Å². The molecule has 2 aromatic carbocycles. The van der Waals surface area contributed by atoms with Crippen LogP contribution in [0.4, 0.5) is 0 Å². The van der Waals surface area contributed by atoms with E-state index in [0.717, 1.165) is 36.2 Å². The highest BCUT2D eigenvalue weighted by molar-refractivity contribution is 14.0. The normalized spacial score (nSPS) is 11.2. The van der Waals surface area contributed by atoms with Gasteiger partial charge in [-0.05, 0) is 48.4 Å². The molecule has 1 aromatic heterocycles. The number of methoxy groups -OCH3 is 1. The second-order valence-electron chi connectivity index (χ2n) is 6.28. The Morgan fingerprint density at radius 1 is 1.14 bits per heavy atom. The van der Waals surface area contributed by atoms with Crippen LogP contribution in [0.2, 0.25) is 0 Å². The first-order valence-electron chi connectivity index (χ1n) is 9.18. The lowest BCUT2D eigenvalue weighted by Gasteiger charge is -2.11. The van der Waals surface area contributed by atoms with Crippen molar-refractivity contribution in [3.8, 4) is 5.75 Å². The number of guanidine groups is 1. The van der Waals surface area contributed by atoms with E-state index in [4.69, 9.17) is 9.73 Å². The van der Waals surface area contributed by atoms with Gasteiger partial charge in [0.2, 0.25) is 0 Å². The minimum absolute atomic E-state index is 0. The number of halogens is 1. The molecule has 0 saturated carbocycles. The molecule has 0 aliphatic rings. The van der Waals surface area contributed by atoms with Crippen molar-refractivity contribution in [2.45, 2.75) is 26.8 Å². The van der Waals surface area contributed by atoms with Crippen LogP contribution in [-0.4, -0.2) is 31.1 Å². The summed E-state index contributed by atoms with van der Waals surface area (Å²) in [6, 6.07) is 12.5. The van der Waals surface area contributed by atoms with Crippen LogP contribution in [0.5, 0.6) is 5.75 Å². The smallest absolute Gasteiger partial charge is 0.191 e. The van der Waals surface area contributed by atoms with E-state index in [0.29, 0.717) is 6.54 Å². The maximum Gasteiger partial charge on any atom is 0.191 e. The third-order valence-corrected chi connectivity index (χ3v) is 5.15. The highest BCUT2D eigenvalue weighted by Crippen LogP contribution is 2.22. The van der Waals surface area contributed by atoms with Crippen LogP contribution in [0.15, 0.2) is 47.6 Å². The lowest BCUT2D eigenvalue weighted by Crippen LogP contribution is -2.38. The summed E-state index contributed by atoms with van der Waals surface area (Å²) in [4.78, 5) is 10.4. The molecule has 0 aliphatic heterocycles. The number of fused-ring (bicyclic) bond motifs is 1. The van der Waals surface area contributed by atoms with Gasteiger partial charge in [0.05, 0.1) is 18.7 Å². The molecule has 150 valence electrons. The molecular formula is C21H27IN4OS. The molecule has 0 spiro atoms. The predicted octanol–water partition coefficient (Wildman–Crippen LogP) is 4.53. The lowest BCUT2D eigenvalue weighted by atomic mass is 10.1. The van der Waals surface area contributed by atoms with Crippen LogP contribution in [0.3, 0.4) is 0 Å². The van der Waals surface area contributed by atoms with E-state index >= 15 is 0 Å². The average Bonchev–Trinajstić information content (AvgIpc) is 3.10. The van der Waals surface area contributed by atoms with E-state index in [1.807, 2.05) is 18.3 Å². The van der Waals surface area contributed by atoms with Gasteiger partial charge in [0.25, 0.3) is 0 Å². The maximum atomic E-state index is 5.29. The van der Waals surface area contributed by atoms with Crippen molar-refractivity contribution in [1.82, 2.24) is 15.6 Å². The number of nitrogens with zero attached hydrogens (tertiary/aromatic N) is 2. The lowest BCUT2D eigenvalue weighted by molar-refractivity contribution is 0.415. The summed E-state index contributed by atoms with van der Waals surface area (Å²) in [5.74, 6) is 1.71. The van der Waals surface area contributed by atoms with Crippen LogP contribution < -0.4 is 15.4 Å². The van der Waals surface area contributed by atoms with E-state index in [1.165, 1.54) is 21.2 Å². The highest BCUT2D eigenvalue weighted by atomic mass is 127. The average molecular weight is 510 g/mol. The molecule has 7 heteroatoms. The van der Waals surface area contributed by atoms with Crippen molar-refractivity contribution in [2.75, 3.05) is 20.2 Å². The molecular weight excluding hydrogens is 483 g/mol. The summed E-state index contributed by atoms with van der Waals surface area (Å²) in [7, 11) is 1.69. The summed E-state index contributed by atoms with van der Waals surface area (Å²) >= 11 is 1.75. The zero-order valence-corrected chi connectivity index (χ0v) is 19.6. The third-order valence-electron chi connectivity index (χ3n) is 4.18. The topological polar surface area (TPSA) is 58.5 Å². The molecule has 3 rings (SSSR count). The molecule has 0 amide bonds. The number of aromatic nitrogens is 1. The number of thiazole rings is 1. The molecule has 0 radical (unpaired) electrons. The summed E-state index contributed by atoms with van der Waals surface area (Å²) in [5, 5.41) is 10.2. The van der Waals surface area contributed by atoms with Gasteiger partial charge in [0.15, 0.2) is 5.96 Å². The first kappa shape index (κ1) is 22.4. The molecule has 0 saturated heterocycles. The number of rotatable bonds is 7. The van der Waals surface area contributed by atoms with Crippen molar-refractivity contribution in [3.63, 3.8) is 0 Å². The van der Waals surface area contributed by atoms with E-state index in [2.05, 4.69) is 53.7 Å². The number of ether oxygens (including phenoxy) is 1. The molecule has 5 nitrogen and oxygen atoms in total.